The van der Waals surface area contributed by atoms with Gasteiger partial charge in [0.15, 0.2) is 5.83 Å². The van der Waals surface area contributed by atoms with Crippen molar-refractivity contribution < 1.29 is 14.4 Å². The van der Waals surface area contributed by atoms with Gasteiger partial charge in [0.25, 0.3) is 0 Å². The third-order valence-electron chi connectivity index (χ3n) is 5.33. The van der Waals surface area contributed by atoms with Crippen LogP contribution in [0.5, 0.6) is 0 Å². The average Bonchev–Trinajstić information content (AvgIpc) is 3.11. The summed E-state index contributed by atoms with van der Waals surface area (Å²) in [5, 5.41) is 12.2. The van der Waals surface area contributed by atoms with Crippen LogP contribution in [0.4, 0.5) is 10.2 Å². The van der Waals surface area contributed by atoms with Gasteiger partial charge in [-0.3, -0.25) is 10.0 Å². The number of amides is 1. The van der Waals surface area contributed by atoms with Crippen LogP contribution in [-0.2, 0) is 4.79 Å². The lowest BCUT2D eigenvalue weighted by molar-refractivity contribution is -0.126. The van der Waals surface area contributed by atoms with Crippen molar-refractivity contribution in [2.24, 2.45) is 5.92 Å². The van der Waals surface area contributed by atoms with Crippen LogP contribution in [0.25, 0.3) is 6.08 Å². The highest BCUT2D eigenvalue weighted by Gasteiger charge is 2.26. The largest absolute Gasteiger partial charge is 0.365 e. The fraction of sp³-hybridized carbons (Fsp3) is 0.579. The van der Waals surface area contributed by atoms with E-state index in [9.17, 15) is 9.18 Å². The molecule has 0 radical (unpaired) electrons. The predicted molar refractivity (Wildman–Crippen MR) is 118 cm³/mol. The van der Waals surface area contributed by atoms with Crippen LogP contribution in [0, 0.1) is 5.92 Å². The third-order valence-corrected chi connectivity index (χ3v) is 5.62. The number of nitrogens with zero attached hydrogens (tertiary/aromatic N) is 2. The van der Waals surface area contributed by atoms with E-state index in [0.29, 0.717) is 16.4 Å². The van der Waals surface area contributed by atoms with Crippen LogP contribution in [-0.4, -0.2) is 46.7 Å². The van der Waals surface area contributed by atoms with Crippen LogP contribution in [0.3, 0.4) is 0 Å². The number of hydroxylamine groups is 1. The third kappa shape index (κ3) is 7.57. The molecule has 10 heteroatoms. The van der Waals surface area contributed by atoms with Crippen molar-refractivity contribution in [1.82, 2.24) is 15.4 Å². The first-order chi connectivity index (χ1) is 13.0. The van der Waals surface area contributed by atoms with Gasteiger partial charge in [-0.25, -0.2) is 14.9 Å². The van der Waals surface area contributed by atoms with E-state index in [1.165, 1.54) is 56.4 Å². The highest BCUT2D eigenvalue weighted by Crippen LogP contribution is 2.27. The summed E-state index contributed by atoms with van der Waals surface area (Å²) in [5.41, 5.74) is 1.58. The second-order valence-electron chi connectivity index (χ2n) is 7.43. The molecule has 2 heterocycles. The molecule has 2 fully saturated rings. The fourth-order valence-corrected chi connectivity index (χ4v) is 4.18. The smallest absolute Gasteiger partial charge is 0.303 e. The molecule has 1 aliphatic carbocycles. The Labute approximate surface area is 188 Å². The van der Waals surface area contributed by atoms with Crippen molar-refractivity contribution in [1.29, 1.82) is 0 Å². The first kappa shape index (κ1) is 25.9. The molecular formula is C19H28Cl3FN4O2. The minimum atomic E-state index is -1.21. The summed E-state index contributed by atoms with van der Waals surface area (Å²) in [6.45, 7) is 3.23. The maximum Gasteiger partial charge on any atom is 0.303 e. The van der Waals surface area contributed by atoms with Crippen LogP contribution < -0.4 is 10.8 Å². The van der Waals surface area contributed by atoms with Crippen LogP contribution in [0.15, 0.2) is 18.1 Å². The number of rotatable bonds is 6. The molecule has 0 spiro atoms. The number of carbonyl (C=O) groups is 1. The van der Waals surface area contributed by atoms with Crippen LogP contribution >= 0.6 is 36.4 Å². The van der Waals surface area contributed by atoms with Crippen molar-refractivity contribution in [2.45, 2.75) is 44.6 Å². The summed E-state index contributed by atoms with van der Waals surface area (Å²) in [4.78, 5) is 17.8. The summed E-state index contributed by atoms with van der Waals surface area (Å²) in [7, 11) is 0. The standard InChI is InChI=1S/C19H26ClFN4O2.2ClH/c20-16-8-14(9-17(21)19(26)24-27)10-22-18(16)23-15-6-7-25(12-15)11-13-4-2-1-3-5-13;;/h8-10,13,15,27H,1-7,11-12H2,(H,22,23)(H,24,26);2*1H/b17-9+;;/t15-;;/m1../s1. The molecule has 29 heavy (non-hydrogen) atoms. The van der Waals surface area contributed by atoms with Gasteiger partial charge in [0.1, 0.15) is 5.82 Å². The number of aromatic nitrogens is 1. The van der Waals surface area contributed by atoms with E-state index in [4.69, 9.17) is 16.8 Å². The second kappa shape index (κ2) is 12.5. The van der Waals surface area contributed by atoms with Gasteiger partial charge in [-0.15, -0.1) is 24.8 Å². The van der Waals surface area contributed by atoms with Gasteiger partial charge in [-0.1, -0.05) is 30.9 Å². The van der Waals surface area contributed by atoms with Crippen molar-refractivity contribution in [3.8, 4) is 0 Å². The first-order valence-corrected chi connectivity index (χ1v) is 9.89. The van der Waals surface area contributed by atoms with Gasteiger partial charge in [0.05, 0.1) is 5.02 Å². The maximum atomic E-state index is 13.5. The quantitative estimate of drug-likeness (QED) is 0.326. The molecular weight excluding hydrogens is 442 g/mol. The fourth-order valence-electron chi connectivity index (χ4n) is 3.95. The Bertz CT molecular complexity index is 702. The Morgan fingerprint density at radius 1 is 1.31 bits per heavy atom. The molecule has 2 aliphatic rings. The number of halogens is 4. The van der Waals surface area contributed by atoms with E-state index < -0.39 is 11.7 Å². The molecule has 0 unspecified atom stereocenters. The molecule has 1 aliphatic heterocycles. The Balaban J connectivity index is 0.00000210. The molecule has 3 N–H and O–H groups in total. The summed E-state index contributed by atoms with van der Waals surface area (Å²) in [6.07, 6.45) is 10.2. The molecule has 1 aromatic rings. The maximum absolute atomic E-state index is 13.5. The molecule has 6 nitrogen and oxygen atoms in total. The van der Waals surface area contributed by atoms with E-state index in [-0.39, 0.29) is 30.9 Å². The van der Waals surface area contributed by atoms with E-state index in [0.717, 1.165) is 31.5 Å². The SMILES string of the molecule is Cl.Cl.O=C(NO)/C(F)=C\c1cnc(N[C@@H]2CCN(CC3CCCCC3)C2)c(Cl)c1. The van der Waals surface area contributed by atoms with Crippen molar-refractivity contribution in [3.05, 3.63) is 28.7 Å². The number of anilines is 1. The van der Waals surface area contributed by atoms with Gasteiger partial charge < -0.3 is 10.2 Å². The molecule has 1 saturated heterocycles. The zero-order valence-electron chi connectivity index (χ0n) is 16.1. The molecule has 0 aromatic carbocycles. The highest BCUT2D eigenvalue weighted by molar-refractivity contribution is 6.33. The Hall–Kier alpha value is -1.12. The summed E-state index contributed by atoms with van der Waals surface area (Å²) in [5.74, 6) is -0.941. The van der Waals surface area contributed by atoms with E-state index in [1.54, 1.807) is 0 Å². The summed E-state index contributed by atoms with van der Waals surface area (Å²) < 4.78 is 13.5. The van der Waals surface area contributed by atoms with Gasteiger partial charge in [0.2, 0.25) is 0 Å². The van der Waals surface area contributed by atoms with E-state index in [2.05, 4.69) is 15.2 Å². The summed E-state index contributed by atoms with van der Waals surface area (Å²) in [6, 6.07) is 1.83. The lowest BCUT2D eigenvalue weighted by atomic mass is 9.89. The highest BCUT2D eigenvalue weighted by atomic mass is 35.5. The van der Waals surface area contributed by atoms with Gasteiger partial charge >= 0.3 is 5.91 Å². The van der Waals surface area contributed by atoms with Crippen LogP contribution in [0.1, 0.15) is 44.1 Å². The van der Waals surface area contributed by atoms with Gasteiger partial charge in [-0.2, -0.15) is 0 Å². The normalized spacial score (nSPS) is 20.5. The molecule has 1 saturated carbocycles. The number of nitrogens with one attached hydrogen (secondary N) is 2. The second-order valence-corrected chi connectivity index (χ2v) is 7.83. The zero-order valence-corrected chi connectivity index (χ0v) is 18.5. The number of pyridine rings is 1. The topological polar surface area (TPSA) is 77.5 Å². The number of carbonyl (C=O) groups excluding carboxylic acids is 1. The molecule has 1 aromatic heterocycles. The Morgan fingerprint density at radius 2 is 2.03 bits per heavy atom. The molecule has 164 valence electrons. The minimum Gasteiger partial charge on any atom is -0.365 e. The predicted octanol–water partition coefficient (Wildman–Crippen LogP) is 4.46. The Kier molecular flexibility index (Phi) is 11.2. The Morgan fingerprint density at radius 3 is 2.69 bits per heavy atom. The van der Waals surface area contributed by atoms with Crippen LogP contribution in [0.2, 0.25) is 5.02 Å². The molecule has 1 atom stereocenters. The minimum absolute atomic E-state index is 0. The molecule has 1 amide bonds. The van der Waals surface area contributed by atoms with Crippen molar-refractivity contribution >= 4 is 54.2 Å². The van der Waals surface area contributed by atoms with Gasteiger partial charge in [0, 0.05) is 31.9 Å². The number of hydrogen-bond acceptors (Lipinski definition) is 5. The number of hydrogen-bond donors (Lipinski definition) is 3. The number of likely N-dealkylation sites (tertiary alicyclic amines) is 1. The van der Waals surface area contributed by atoms with Crippen molar-refractivity contribution in [2.75, 3.05) is 25.0 Å². The average molecular weight is 470 g/mol. The molecule has 0 bridgehead atoms. The monoisotopic (exact) mass is 468 g/mol. The molecule has 3 rings (SSSR count). The lowest BCUT2D eigenvalue weighted by Gasteiger charge is -2.26. The van der Waals surface area contributed by atoms with E-state index in [1.807, 2.05) is 0 Å². The lowest BCUT2D eigenvalue weighted by Crippen LogP contribution is -2.31. The summed E-state index contributed by atoms with van der Waals surface area (Å²) >= 11 is 6.26. The van der Waals surface area contributed by atoms with E-state index >= 15 is 0 Å². The zero-order chi connectivity index (χ0) is 19.2. The van der Waals surface area contributed by atoms with Gasteiger partial charge in [-0.05, 0) is 42.9 Å². The first-order valence-electron chi connectivity index (χ1n) is 9.51. The van der Waals surface area contributed by atoms with Crippen molar-refractivity contribution in [3.63, 3.8) is 0 Å².